The highest BCUT2D eigenvalue weighted by molar-refractivity contribution is 5.65. The van der Waals surface area contributed by atoms with Crippen LogP contribution in [0.5, 0.6) is 0 Å². The molecular weight excluding hydrogens is 271 g/mol. The molecule has 2 N–H and O–H groups in total. The molecule has 20 heavy (non-hydrogen) atoms. The maximum Gasteiger partial charge on any atom is 0.416 e. The number of carbonyl (C=O) groups is 1. The molecule has 0 unspecified atom stereocenters. The molecule has 0 aliphatic rings. The van der Waals surface area contributed by atoms with Crippen LogP contribution in [0, 0.1) is 0 Å². The van der Waals surface area contributed by atoms with E-state index in [4.69, 9.17) is 10.5 Å². The van der Waals surface area contributed by atoms with Crippen LogP contribution < -0.4 is 5.73 Å². The van der Waals surface area contributed by atoms with E-state index in [1.54, 1.807) is 13.8 Å². The maximum absolute atomic E-state index is 12.4. The summed E-state index contributed by atoms with van der Waals surface area (Å²) in [5.74, 6) is 0. The molecule has 0 radical (unpaired) electrons. The van der Waals surface area contributed by atoms with E-state index in [0.717, 1.165) is 17.7 Å². The first-order valence-corrected chi connectivity index (χ1v) is 6.25. The van der Waals surface area contributed by atoms with E-state index in [1.807, 2.05) is 0 Å². The molecule has 0 aromatic heterocycles. The van der Waals surface area contributed by atoms with Gasteiger partial charge in [0.05, 0.1) is 5.56 Å². The van der Waals surface area contributed by atoms with Gasteiger partial charge in [-0.1, -0.05) is 12.1 Å². The first-order valence-electron chi connectivity index (χ1n) is 6.25. The predicted molar refractivity (Wildman–Crippen MR) is 69.1 cm³/mol. The van der Waals surface area contributed by atoms with E-state index in [1.165, 1.54) is 12.1 Å². The van der Waals surface area contributed by atoms with Crippen LogP contribution in [-0.2, 0) is 17.3 Å². The summed E-state index contributed by atoms with van der Waals surface area (Å²) in [5, 5.41) is 0. The summed E-state index contributed by atoms with van der Waals surface area (Å²) in [6, 6.07) is 5.07. The van der Waals surface area contributed by atoms with Gasteiger partial charge in [0.25, 0.3) is 0 Å². The van der Waals surface area contributed by atoms with Gasteiger partial charge in [-0.3, -0.25) is 0 Å². The third-order valence-electron chi connectivity index (χ3n) is 2.90. The molecule has 0 heterocycles. The van der Waals surface area contributed by atoms with Gasteiger partial charge in [-0.25, -0.2) is 4.79 Å². The number of hydrogen-bond acceptors (Lipinski definition) is 2. The number of amides is 1. The Bertz CT molecular complexity index is 452. The van der Waals surface area contributed by atoms with E-state index in [2.05, 4.69) is 0 Å². The number of halogens is 3. The molecule has 1 amide bonds. The Kier molecular flexibility index (Phi) is 5.03. The number of ether oxygens (including phenoxy) is 1. The number of primary amides is 1. The van der Waals surface area contributed by atoms with Gasteiger partial charge in [-0.2, -0.15) is 13.2 Å². The van der Waals surface area contributed by atoms with Crippen molar-refractivity contribution in [2.75, 3.05) is 0 Å². The van der Waals surface area contributed by atoms with Crippen LogP contribution in [0.4, 0.5) is 18.0 Å². The van der Waals surface area contributed by atoms with Gasteiger partial charge in [-0.05, 0) is 50.8 Å². The number of nitrogens with two attached hydrogens (primary N) is 1. The summed E-state index contributed by atoms with van der Waals surface area (Å²) in [7, 11) is 0. The number of rotatable bonds is 5. The highest BCUT2D eigenvalue weighted by Crippen LogP contribution is 2.29. The van der Waals surface area contributed by atoms with E-state index >= 15 is 0 Å². The molecule has 112 valence electrons. The van der Waals surface area contributed by atoms with Crippen LogP contribution in [0.2, 0.25) is 0 Å². The maximum atomic E-state index is 12.4. The Morgan fingerprint density at radius 3 is 2.20 bits per heavy atom. The second-order valence-corrected chi connectivity index (χ2v) is 5.23. The molecule has 0 saturated heterocycles. The molecule has 1 aromatic rings. The van der Waals surface area contributed by atoms with E-state index in [0.29, 0.717) is 19.3 Å². The van der Waals surface area contributed by atoms with Crippen LogP contribution in [0.1, 0.15) is 37.8 Å². The van der Waals surface area contributed by atoms with Gasteiger partial charge in [0.2, 0.25) is 0 Å². The molecular formula is C14H18F3NO2. The van der Waals surface area contributed by atoms with Crippen molar-refractivity contribution in [3.05, 3.63) is 35.4 Å². The monoisotopic (exact) mass is 289 g/mol. The van der Waals surface area contributed by atoms with Crippen molar-refractivity contribution in [3.63, 3.8) is 0 Å². The third-order valence-corrected chi connectivity index (χ3v) is 2.90. The Balaban J connectivity index is 2.49. The topological polar surface area (TPSA) is 52.3 Å². The molecule has 0 saturated carbocycles. The van der Waals surface area contributed by atoms with Crippen molar-refractivity contribution < 1.29 is 22.7 Å². The van der Waals surface area contributed by atoms with Crippen LogP contribution in [0.15, 0.2) is 24.3 Å². The molecule has 0 aliphatic heterocycles. The van der Waals surface area contributed by atoms with Gasteiger partial charge in [0.15, 0.2) is 0 Å². The summed E-state index contributed by atoms with van der Waals surface area (Å²) >= 11 is 0. The number of benzene rings is 1. The average Bonchev–Trinajstić information content (AvgIpc) is 2.26. The zero-order valence-electron chi connectivity index (χ0n) is 11.5. The summed E-state index contributed by atoms with van der Waals surface area (Å²) in [6.07, 6.45) is -3.26. The zero-order valence-corrected chi connectivity index (χ0v) is 11.5. The Morgan fingerprint density at radius 1 is 1.20 bits per heavy atom. The molecule has 0 fully saturated rings. The van der Waals surface area contributed by atoms with E-state index < -0.39 is 23.4 Å². The van der Waals surface area contributed by atoms with E-state index in [-0.39, 0.29) is 0 Å². The highest BCUT2D eigenvalue weighted by atomic mass is 19.4. The lowest BCUT2D eigenvalue weighted by Gasteiger charge is -2.23. The van der Waals surface area contributed by atoms with Crippen molar-refractivity contribution in [2.45, 2.75) is 44.9 Å². The van der Waals surface area contributed by atoms with Crippen molar-refractivity contribution >= 4 is 6.09 Å². The Morgan fingerprint density at radius 2 is 1.75 bits per heavy atom. The molecule has 0 aliphatic carbocycles. The Labute approximate surface area is 115 Å². The lowest BCUT2D eigenvalue weighted by atomic mass is 9.98. The minimum absolute atomic E-state index is 0.580. The minimum atomic E-state index is -4.31. The zero-order chi connectivity index (χ0) is 15.4. The third kappa shape index (κ3) is 5.50. The Hall–Kier alpha value is -1.72. The minimum Gasteiger partial charge on any atom is -0.444 e. The number of alkyl halides is 3. The van der Waals surface area contributed by atoms with Gasteiger partial charge in [0.1, 0.15) is 5.60 Å². The number of hydrogen-bond donors (Lipinski definition) is 1. The highest BCUT2D eigenvalue weighted by Gasteiger charge is 2.29. The largest absolute Gasteiger partial charge is 0.444 e. The fourth-order valence-corrected chi connectivity index (χ4v) is 1.90. The summed E-state index contributed by atoms with van der Waals surface area (Å²) in [6.45, 7) is 3.48. The molecule has 1 rings (SSSR count). The average molecular weight is 289 g/mol. The van der Waals surface area contributed by atoms with Gasteiger partial charge >= 0.3 is 12.3 Å². The summed E-state index contributed by atoms with van der Waals surface area (Å²) in [4.78, 5) is 10.7. The second-order valence-electron chi connectivity index (χ2n) is 5.23. The molecule has 0 atom stereocenters. The van der Waals surface area contributed by atoms with Crippen molar-refractivity contribution in [1.82, 2.24) is 0 Å². The quantitative estimate of drug-likeness (QED) is 0.893. The van der Waals surface area contributed by atoms with Gasteiger partial charge in [0, 0.05) is 0 Å². The fourth-order valence-electron chi connectivity index (χ4n) is 1.90. The molecule has 3 nitrogen and oxygen atoms in total. The lowest BCUT2D eigenvalue weighted by molar-refractivity contribution is -0.137. The second kappa shape index (κ2) is 6.15. The van der Waals surface area contributed by atoms with Gasteiger partial charge < -0.3 is 10.5 Å². The van der Waals surface area contributed by atoms with Crippen LogP contribution in [-0.4, -0.2) is 11.7 Å². The van der Waals surface area contributed by atoms with Crippen LogP contribution >= 0.6 is 0 Å². The first-order chi connectivity index (χ1) is 9.10. The predicted octanol–water partition coefficient (Wildman–Crippen LogP) is 3.90. The van der Waals surface area contributed by atoms with E-state index in [9.17, 15) is 18.0 Å². The smallest absolute Gasteiger partial charge is 0.416 e. The van der Waals surface area contributed by atoms with Crippen LogP contribution in [0.3, 0.4) is 0 Å². The summed E-state index contributed by atoms with van der Waals surface area (Å²) in [5.41, 5.74) is 4.44. The van der Waals surface area contributed by atoms with Crippen LogP contribution in [0.25, 0.3) is 0 Å². The van der Waals surface area contributed by atoms with Crippen molar-refractivity contribution in [3.8, 4) is 0 Å². The lowest BCUT2D eigenvalue weighted by Crippen LogP contribution is -2.31. The molecule has 1 aromatic carbocycles. The number of aryl methyl sites for hydroxylation is 1. The molecule has 6 heteroatoms. The fraction of sp³-hybridized carbons (Fsp3) is 0.500. The standard InChI is InChI=1S/C14H18F3NO2/c1-13(2,20-12(18)19)9-3-4-10-5-7-11(8-6-10)14(15,16)17/h5-8H,3-4,9H2,1-2H3,(H2,18,19). The molecule has 0 bridgehead atoms. The van der Waals surface area contributed by atoms with Crippen molar-refractivity contribution in [2.24, 2.45) is 5.73 Å². The van der Waals surface area contributed by atoms with Crippen molar-refractivity contribution in [1.29, 1.82) is 0 Å². The van der Waals surface area contributed by atoms with Gasteiger partial charge in [-0.15, -0.1) is 0 Å². The number of carbonyl (C=O) groups excluding carboxylic acids is 1. The first kappa shape index (κ1) is 16.3. The SMILES string of the molecule is CC(C)(CCCc1ccc(C(F)(F)F)cc1)OC(N)=O. The summed E-state index contributed by atoms with van der Waals surface area (Å²) < 4.78 is 42.1. The molecule has 0 spiro atoms. The normalized spacial score (nSPS) is 12.2.